The van der Waals surface area contributed by atoms with Gasteiger partial charge in [-0.25, -0.2) is 9.97 Å². The molecule has 1 amide bonds. The Labute approximate surface area is 186 Å². The first kappa shape index (κ1) is 21.2. The molecule has 1 aromatic carbocycles. The molecule has 33 heavy (non-hydrogen) atoms. The van der Waals surface area contributed by atoms with E-state index in [1.165, 1.54) is 43.3 Å². The number of nitrogens with one attached hydrogen (secondary N) is 1. The molecule has 0 unspecified atom stereocenters. The number of carbonyl (C=O) groups excluding carboxylic acids is 1. The lowest BCUT2D eigenvalue weighted by molar-refractivity contribution is -0.141. The zero-order valence-electron chi connectivity index (χ0n) is 17.8. The summed E-state index contributed by atoms with van der Waals surface area (Å²) in [6.07, 6.45) is 5.47. The van der Waals surface area contributed by atoms with E-state index in [2.05, 4.69) is 20.4 Å². The van der Waals surface area contributed by atoms with Crippen LogP contribution in [0.15, 0.2) is 36.9 Å². The van der Waals surface area contributed by atoms with Crippen LogP contribution in [0.1, 0.15) is 54.3 Å². The lowest BCUT2D eigenvalue weighted by atomic mass is 9.96. The van der Waals surface area contributed by atoms with Crippen molar-refractivity contribution in [3.8, 4) is 5.75 Å². The summed E-state index contributed by atoms with van der Waals surface area (Å²) < 4.78 is 47.9. The van der Waals surface area contributed by atoms with Crippen molar-refractivity contribution in [3.05, 3.63) is 48.3 Å². The molecule has 0 bridgehead atoms. The molecule has 0 radical (unpaired) electrons. The van der Waals surface area contributed by atoms with Gasteiger partial charge in [0.15, 0.2) is 11.3 Å². The van der Waals surface area contributed by atoms with E-state index in [0.29, 0.717) is 17.5 Å². The van der Waals surface area contributed by atoms with E-state index >= 15 is 0 Å². The van der Waals surface area contributed by atoms with E-state index < -0.39 is 17.8 Å². The number of halogens is 3. The first-order valence-corrected chi connectivity index (χ1v) is 10.6. The predicted molar refractivity (Wildman–Crippen MR) is 114 cm³/mol. The van der Waals surface area contributed by atoms with Gasteiger partial charge in [-0.1, -0.05) is 19.3 Å². The Hall–Kier alpha value is -3.63. The Kier molecular flexibility index (Phi) is 5.18. The summed E-state index contributed by atoms with van der Waals surface area (Å²) in [6.45, 7) is 0. The second-order valence-corrected chi connectivity index (χ2v) is 8.10. The number of imidazole rings is 1. The zero-order valence-corrected chi connectivity index (χ0v) is 17.8. The Bertz CT molecular complexity index is 1340. The number of nitrogens with zero attached hydrogens (tertiary/aromatic N) is 5. The molecular formula is C22H21F3N6O2. The molecule has 1 saturated carbocycles. The average Bonchev–Trinajstić information content (AvgIpc) is 3.42. The van der Waals surface area contributed by atoms with Gasteiger partial charge in [-0.2, -0.15) is 18.3 Å². The van der Waals surface area contributed by atoms with Gasteiger partial charge in [0.25, 0.3) is 5.91 Å². The lowest BCUT2D eigenvalue weighted by Gasteiger charge is -2.21. The Morgan fingerprint density at radius 2 is 2.00 bits per heavy atom. The number of benzene rings is 1. The number of fused-ring (bicyclic) bond motifs is 2. The maximum absolute atomic E-state index is 13.1. The molecule has 3 aromatic heterocycles. The largest absolute Gasteiger partial charge is 0.494 e. The third-order valence-corrected chi connectivity index (χ3v) is 5.93. The molecule has 1 fully saturated rings. The number of methoxy groups -OCH3 is 1. The Morgan fingerprint density at radius 1 is 1.21 bits per heavy atom. The van der Waals surface area contributed by atoms with Crippen LogP contribution in [0.4, 0.5) is 18.9 Å². The maximum Gasteiger partial charge on any atom is 0.433 e. The van der Waals surface area contributed by atoms with Crippen molar-refractivity contribution in [1.29, 1.82) is 0 Å². The van der Waals surface area contributed by atoms with Crippen molar-refractivity contribution in [1.82, 2.24) is 24.1 Å². The normalized spacial score (nSPS) is 15.3. The van der Waals surface area contributed by atoms with Gasteiger partial charge in [-0.05, 0) is 25.0 Å². The summed E-state index contributed by atoms with van der Waals surface area (Å²) >= 11 is 0. The minimum atomic E-state index is -4.63. The minimum Gasteiger partial charge on any atom is -0.494 e. The molecule has 8 nitrogen and oxygen atoms in total. The molecule has 3 heterocycles. The van der Waals surface area contributed by atoms with Crippen molar-refractivity contribution < 1.29 is 22.7 Å². The van der Waals surface area contributed by atoms with Gasteiger partial charge in [-0.3, -0.25) is 13.9 Å². The topological polar surface area (TPSA) is 86.3 Å². The number of hydrogen-bond acceptors (Lipinski definition) is 5. The fourth-order valence-corrected chi connectivity index (χ4v) is 4.25. The van der Waals surface area contributed by atoms with E-state index in [4.69, 9.17) is 4.74 Å². The summed E-state index contributed by atoms with van der Waals surface area (Å²) in [5.74, 6) is -0.307. The molecule has 0 atom stereocenters. The third kappa shape index (κ3) is 3.98. The minimum absolute atomic E-state index is 0.188. The van der Waals surface area contributed by atoms with E-state index in [1.807, 2.05) is 10.9 Å². The summed E-state index contributed by atoms with van der Waals surface area (Å²) in [7, 11) is 1.47. The molecule has 0 aliphatic heterocycles. The van der Waals surface area contributed by atoms with Gasteiger partial charge in [0, 0.05) is 23.8 Å². The molecule has 0 saturated heterocycles. The molecule has 1 N–H and O–H groups in total. The highest BCUT2D eigenvalue weighted by Gasteiger charge is 2.33. The van der Waals surface area contributed by atoms with Crippen LogP contribution in [-0.2, 0) is 6.18 Å². The molecular weight excluding hydrogens is 437 g/mol. The zero-order chi connectivity index (χ0) is 23.2. The molecule has 11 heteroatoms. The van der Waals surface area contributed by atoms with Crippen LogP contribution >= 0.6 is 0 Å². The number of carbonyl (C=O) groups is 1. The number of rotatable bonds is 4. The highest BCUT2D eigenvalue weighted by Crippen LogP contribution is 2.34. The average molecular weight is 458 g/mol. The molecule has 1 aliphatic rings. The summed E-state index contributed by atoms with van der Waals surface area (Å²) in [6, 6.07) is 4.65. The first-order valence-electron chi connectivity index (χ1n) is 10.6. The number of alkyl halides is 3. The second-order valence-electron chi connectivity index (χ2n) is 8.10. The quantitative estimate of drug-likeness (QED) is 0.472. The van der Waals surface area contributed by atoms with Crippen LogP contribution in [0, 0.1) is 0 Å². The predicted octanol–water partition coefficient (Wildman–Crippen LogP) is 4.86. The summed E-state index contributed by atoms with van der Waals surface area (Å²) in [5.41, 5.74) is -0.405. The molecule has 5 rings (SSSR count). The van der Waals surface area contributed by atoms with Gasteiger partial charge in [0.1, 0.15) is 17.8 Å². The van der Waals surface area contributed by atoms with Crippen LogP contribution in [0.3, 0.4) is 0 Å². The van der Waals surface area contributed by atoms with Crippen molar-refractivity contribution in [2.75, 3.05) is 12.4 Å². The van der Waals surface area contributed by atoms with Gasteiger partial charge in [0.05, 0.1) is 24.4 Å². The van der Waals surface area contributed by atoms with Crippen molar-refractivity contribution in [2.24, 2.45) is 0 Å². The monoisotopic (exact) mass is 458 g/mol. The van der Waals surface area contributed by atoms with E-state index in [1.54, 1.807) is 12.1 Å². The summed E-state index contributed by atoms with van der Waals surface area (Å²) in [4.78, 5) is 20.5. The van der Waals surface area contributed by atoms with Crippen LogP contribution in [-0.4, -0.2) is 37.2 Å². The SMILES string of the molecule is COc1cc2nn(C3CCCCC3)cc2cc1NC(=O)c1ncn2ccc(C(F)(F)F)nc12. The van der Waals surface area contributed by atoms with Crippen LogP contribution in [0.2, 0.25) is 0 Å². The number of ether oxygens (including phenoxy) is 1. The van der Waals surface area contributed by atoms with Crippen LogP contribution in [0.5, 0.6) is 5.75 Å². The molecule has 4 aromatic rings. The standard InChI is InChI=1S/C22H21F3N6O2/c1-33-17-10-15-13(11-31(29-15)14-5-3-2-4-6-14)9-16(17)27-21(32)19-20-28-18(22(23,24)25)7-8-30(20)12-26-19/h7-12,14H,2-6H2,1H3,(H,27,32). The number of hydrogen-bond donors (Lipinski definition) is 1. The van der Waals surface area contributed by atoms with Gasteiger partial charge < -0.3 is 10.1 Å². The third-order valence-electron chi connectivity index (χ3n) is 5.93. The molecule has 1 aliphatic carbocycles. The van der Waals surface area contributed by atoms with E-state index in [9.17, 15) is 18.0 Å². The van der Waals surface area contributed by atoms with Crippen molar-refractivity contribution in [2.45, 2.75) is 44.3 Å². The maximum atomic E-state index is 13.1. The second kappa shape index (κ2) is 8.05. The Morgan fingerprint density at radius 3 is 2.73 bits per heavy atom. The van der Waals surface area contributed by atoms with Crippen molar-refractivity contribution >= 4 is 28.1 Å². The summed E-state index contributed by atoms with van der Waals surface area (Å²) in [5, 5.41) is 8.20. The smallest absolute Gasteiger partial charge is 0.433 e. The Balaban J connectivity index is 1.47. The number of amides is 1. The molecule has 172 valence electrons. The highest BCUT2D eigenvalue weighted by molar-refractivity contribution is 6.08. The van der Waals surface area contributed by atoms with Gasteiger partial charge in [-0.15, -0.1) is 0 Å². The highest BCUT2D eigenvalue weighted by atomic mass is 19.4. The van der Waals surface area contributed by atoms with Gasteiger partial charge in [0.2, 0.25) is 0 Å². The fraction of sp³-hybridized carbons (Fsp3) is 0.364. The number of aromatic nitrogens is 5. The van der Waals surface area contributed by atoms with Gasteiger partial charge >= 0.3 is 6.18 Å². The van der Waals surface area contributed by atoms with Crippen molar-refractivity contribution in [3.63, 3.8) is 0 Å². The fourth-order valence-electron chi connectivity index (χ4n) is 4.25. The number of anilines is 1. The lowest BCUT2D eigenvalue weighted by Crippen LogP contribution is -2.15. The van der Waals surface area contributed by atoms with E-state index in [-0.39, 0.29) is 11.3 Å². The molecule has 0 spiro atoms. The van der Waals surface area contributed by atoms with Crippen LogP contribution < -0.4 is 10.1 Å². The van der Waals surface area contributed by atoms with Crippen LogP contribution in [0.25, 0.3) is 16.6 Å². The van der Waals surface area contributed by atoms with E-state index in [0.717, 1.165) is 29.8 Å². The first-order chi connectivity index (χ1) is 15.8.